The molecule has 0 radical (unpaired) electrons. The molecule has 4 heteroatoms. The lowest BCUT2D eigenvalue weighted by atomic mass is 10.1. The molecule has 1 N–H and O–H groups in total. The Kier molecular flexibility index (Phi) is 5.05. The van der Waals surface area contributed by atoms with Crippen LogP contribution >= 0.6 is 0 Å². The molecule has 1 aliphatic rings. The van der Waals surface area contributed by atoms with Crippen molar-refractivity contribution in [1.82, 2.24) is 5.48 Å². The predicted molar refractivity (Wildman–Crippen MR) is 74.4 cm³/mol. The lowest BCUT2D eigenvalue weighted by molar-refractivity contribution is -0.0379. The molecule has 0 saturated heterocycles. The van der Waals surface area contributed by atoms with Gasteiger partial charge in [0.1, 0.15) is 11.5 Å². The van der Waals surface area contributed by atoms with Crippen LogP contribution in [0, 0.1) is 0 Å². The van der Waals surface area contributed by atoms with Crippen LogP contribution in [-0.4, -0.2) is 20.3 Å². The molecule has 1 aromatic carbocycles. The number of benzene rings is 1. The molecule has 0 aliphatic heterocycles. The van der Waals surface area contributed by atoms with Gasteiger partial charge in [-0.15, -0.1) is 0 Å². The smallest absolute Gasteiger partial charge is 0.127 e. The lowest BCUT2D eigenvalue weighted by Gasteiger charge is -2.20. The van der Waals surface area contributed by atoms with Gasteiger partial charge in [0.25, 0.3) is 0 Å². The van der Waals surface area contributed by atoms with Crippen LogP contribution in [-0.2, 0) is 4.84 Å². The van der Waals surface area contributed by atoms with Gasteiger partial charge in [0.15, 0.2) is 0 Å². The Morgan fingerprint density at radius 3 is 2.53 bits per heavy atom. The number of rotatable bonds is 6. The van der Waals surface area contributed by atoms with Crippen molar-refractivity contribution in [3.63, 3.8) is 0 Å². The average molecular weight is 265 g/mol. The summed E-state index contributed by atoms with van der Waals surface area (Å²) in [6.45, 7) is 2.07. The zero-order valence-corrected chi connectivity index (χ0v) is 11.9. The van der Waals surface area contributed by atoms with E-state index < -0.39 is 0 Å². The summed E-state index contributed by atoms with van der Waals surface area (Å²) >= 11 is 0. The molecule has 0 bridgehead atoms. The Morgan fingerprint density at radius 2 is 1.89 bits per heavy atom. The molecule has 1 unspecified atom stereocenters. The maximum atomic E-state index is 5.74. The van der Waals surface area contributed by atoms with Crippen LogP contribution in [0.25, 0.3) is 0 Å². The van der Waals surface area contributed by atoms with E-state index in [0.29, 0.717) is 6.10 Å². The molecule has 0 heterocycles. The van der Waals surface area contributed by atoms with Crippen molar-refractivity contribution in [3.8, 4) is 11.5 Å². The first kappa shape index (κ1) is 14.2. The first-order chi connectivity index (χ1) is 9.24. The third kappa shape index (κ3) is 3.61. The van der Waals surface area contributed by atoms with Crippen LogP contribution in [0.3, 0.4) is 0 Å². The van der Waals surface area contributed by atoms with Crippen molar-refractivity contribution < 1.29 is 14.3 Å². The summed E-state index contributed by atoms with van der Waals surface area (Å²) in [7, 11) is 3.32. The van der Waals surface area contributed by atoms with E-state index in [1.165, 1.54) is 12.8 Å². The van der Waals surface area contributed by atoms with E-state index in [4.69, 9.17) is 14.3 Å². The molecule has 4 nitrogen and oxygen atoms in total. The van der Waals surface area contributed by atoms with E-state index in [1.54, 1.807) is 14.2 Å². The number of ether oxygens (including phenoxy) is 2. The summed E-state index contributed by atoms with van der Waals surface area (Å²) in [5, 5.41) is 0. The van der Waals surface area contributed by atoms with Gasteiger partial charge in [-0.2, -0.15) is 5.48 Å². The lowest BCUT2D eigenvalue weighted by Crippen LogP contribution is -2.25. The summed E-state index contributed by atoms with van der Waals surface area (Å²) in [5.41, 5.74) is 4.20. The van der Waals surface area contributed by atoms with Gasteiger partial charge in [-0.3, -0.25) is 4.84 Å². The number of hydrogen-bond acceptors (Lipinski definition) is 4. The van der Waals surface area contributed by atoms with Gasteiger partial charge in [0.2, 0.25) is 0 Å². The van der Waals surface area contributed by atoms with Gasteiger partial charge in [-0.1, -0.05) is 12.8 Å². The highest BCUT2D eigenvalue weighted by Crippen LogP contribution is 2.30. The van der Waals surface area contributed by atoms with Crippen molar-refractivity contribution in [2.45, 2.75) is 44.8 Å². The largest absolute Gasteiger partial charge is 0.497 e. The minimum absolute atomic E-state index is 0.0847. The second-order valence-corrected chi connectivity index (χ2v) is 4.97. The Morgan fingerprint density at radius 1 is 1.16 bits per heavy atom. The number of hydrogen-bond donors (Lipinski definition) is 1. The van der Waals surface area contributed by atoms with Crippen molar-refractivity contribution in [2.75, 3.05) is 14.2 Å². The van der Waals surface area contributed by atoms with E-state index in [1.807, 2.05) is 18.2 Å². The fraction of sp³-hybridized carbons (Fsp3) is 0.600. The second-order valence-electron chi connectivity index (χ2n) is 4.97. The van der Waals surface area contributed by atoms with Gasteiger partial charge >= 0.3 is 0 Å². The quantitative estimate of drug-likeness (QED) is 0.802. The summed E-state index contributed by atoms with van der Waals surface area (Å²) in [4.78, 5) is 5.74. The van der Waals surface area contributed by atoms with Crippen LogP contribution in [0.2, 0.25) is 0 Å². The van der Waals surface area contributed by atoms with Crippen LogP contribution in [0.5, 0.6) is 11.5 Å². The Hall–Kier alpha value is -1.26. The number of nitrogens with one attached hydrogen (secondary N) is 1. The fourth-order valence-electron chi connectivity index (χ4n) is 2.44. The van der Waals surface area contributed by atoms with Crippen molar-refractivity contribution in [3.05, 3.63) is 23.8 Å². The SMILES string of the molecule is COc1ccc(C(C)NOC2CCCC2)c(OC)c1. The number of methoxy groups -OCH3 is 2. The van der Waals surface area contributed by atoms with Crippen LogP contribution < -0.4 is 15.0 Å². The zero-order chi connectivity index (χ0) is 13.7. The van der Waals surface area contributed by atoms with E-state index in [9.17, 15) is 0 Å². The standard InChI is InChI=1S/C15H23NO3/c1-11(16-19-12-6-4-5-7-12)14-9-8-13(17-2)10-15(14)18-3/h8-12,16H,4-7H2,1-3H3. The van der Waals surface area contributed by atoms with E-state index in [0.717, 1.165) is 29.9 Å². The maximum Gasteiger partial charge on any atom is 0.127 e. The molecule has 1 aliphatic carbocycles. The maximum absolute atomic E-state index is 5.74. The third-order valence-electron chi connectivity index (χ3n) is 3.62. The molecule has 1 atom stereocenters. The molecule has 2 rings (SSSR count). The molecule has 0 spiro atoms. The predicted octanol–water partition coefficient (Wildman–Crippen LogP) is 3.23. The van der Waals surface area contributed by atoms with Crippen molar-refractivity contribution in [1.29, 1.82) is 0 Å². The summed E-state index contributed by atoms with van der Waals surface area (Å²) in [6.07, 6.45) is 5.20. The molecular formula is C15H23NO3. The highest BCUT2D eigenvalue weighted by molar-refractivity contribution is 5.42. The Balaban J connectivity index is 1.98. The molecule has 0 amide bonds. The molecule has 0 aromatic heterocycles. The normalized spacial score (nSPS) is 17.4. The first-order valence-corrected chi connectivity index (χ1v) is 6.87. The monoisotopic (exact) mass is 265 g/mol. The van der Waals surface area contributed by atoms with Gasteiger partial charge in [-0.05, 0) is 31.9 Å². The first-order valence-electron chi connectivity index (χ1n) is 6.87. The highest BCUT2D eigenvalue weighted by atomic mass is 16.7. The van der Waals surface area contributed by atoms with Gasteiger partial charge in [0, 0.05) is 11.6 Å². The van der Waals surface area contributed by atoms with E-state index in [2.05, 4.69) is 12.4 Å². The summed E-state index contributed by atoms with van der Waals surface area (Å²) in [5.74, 6) is 1.61. The fourth-order valence-corrected chi connectivity index (χ4v) is 2.44. The van der Waals surface area contributed by atoms with Gasteiger partial charge in [-0.25, -0.2) is 0 Å². The molecule has 1 saturated carbocycles. The molecular weight excluding hydrogens is 242 g/mol. The minimum Gasteiger partial charge on any atom is -0.497 e. The summed E-state index contributed by atoms with van der Waals surface area (Å²) < 4.78 is 10.6. The van der Waals surface area contributed by atoms with Crippen molar-refractivity contribution >= 4 is 0 Å². The van der Waals surface area contributed by atoms with Crippen molar-refractivity contribution in [2.24, 2.45) is 0 Å². The molecule has 1 aromatic rings. The number of hydroxylamine groups is 1. The average Bonchev–Trinajstić information content (AvgIpc) is 2.97. The highest BCUT2D eigenvalue weighted by Gasteiger charge is 2.18. The van der Waals surface area contributed by atoms with Gasteiger partial charge in [0.05, 0.1) is 26.4 Å². The Bertz CT molecular complexity index is 402. The molecule has 1 fully saturated rings. The zero-order valence-electron chi connectivity index (χ0n) is 11.9. The molecule has 19 heavy (non-hydrogen) atoms. The Labute approximate surface area is 115 Å². The summed E-state index contributed by atoms with van der Waals surface area (Å²) in [6, 6.07) is 5.92. The van der Waals surface area contributed by atoms with Crippen LogP contribution in [0.1, 0.15) is 44.2 Å². The third-order valence-corrected chi connectivity index (χ3v) is 3.62. The van der Waals surface area contributed by atoms with Gasteiger partial charge < -0.3 is 9.47 Å². The topological polar surface area (TPSA) is 39.7 Å². The van der Waals surface area contributed by atoms with Crippen LogP contribution in [0.15, 0.2) is 18.2 Å². The van der Waals surface area contributed by atoms with Crippen LogP contribution in [0.4, 0.5) is 0 Å². The van der Waals surface area contributed by atoms with E-state index in [-0.39, 0.29) is 6.04 Å². The second kappa shape index (κ2) is 6.78. The van der Waals surface area contributed by atoms with E-state index >= 15 is 0 Å². The minimum atomic E-state index is 0.0847. The molecule has 106 valence electrons.